The Kier molecular flexibility index (Phi) is 3.11. The Morgan fingerprint density at radius 2 is 2.27 bits per heavy atom. The van der Waals surface area contributed by atoms with Gasteiger partial charge in [-0.2, -0.15) is 9.97 Å². The normalized spacial score (nSPS) is 20.7. The third-order valence-electron chi connectivity index (χ3n) is 2.41. The topological polar surface area (TPSA) is 73.9 Å². The van der Waals surface area contributed by atoms with E-state index in [2.05, 4.69) is 21.9 Å². The number of hydrogen-bond acceptors (Lipinski definition) is 5. The molecule has 1 unspecified atom stereocenters. The van der Waals surface area contributed by atoms with Gasteiger partial charge < -0.3 is 10.5 Å². The van der Waals surface area contributed by atoms with Crippen molar-refractivity contribution < 1.29 is 4.74 Å². The predicted molar refractivity (Wildman–Crippen MR) is 56.2 cm³/mol. The van der Waals surface area contributed by atoms with Crippen molar-refractivity contribution in [1.29, 1.82) is 0 Å². The molecule has 1 saturated heterocycles. The Morgan fingerprint density at radius 3 is 2.93 bits per heavy atom. The lowest BCUT2D eigenvalue weighted by atomic mass is 10.2. The summed E-state index contributed by atoms with van der Waals surface area (Å²) in [6, 6.07) is 0. The quantitative estimate of drug-likeness (QED) is 0.809. The van der Waals surface area contributed by atoms with Crippen molar-refractivity contribution in [3.8, 4) is 0 Å². The molecule has 2 heterocycles. The first-order chi connectivity index (χ1) is 7.29. The van der Waals surface area contributed by atoms with E-state index in [4.69, 9.17) is 10.5 Å². The van der Waals surface area contributed by atoms with Gasteiger partial charge in [-0.15, -0.1) is 0 Å². The summed E-state index contributed by atoms with van der Waals surface area (Å²) in [5.74, 6) is 1.78. The van der Waals surface area contributed by atoms with Crippen LogP contribution in [0, 0.1) is 0 Å². The van der Waals surface area contributed by atoms with Crippen molar-refractivity contribution >= 4 is 5.95 Å². The third-order valence-corrected chi connectivity index (χ3v) is 2.41. The molecule has 15 heavy (non-hydrogen) atoms. The molecule has 1 aliphatic rings. The number of nitrogen functional groups attached to an aromatic ring is 1. The molecular formula is C10H16N4O. The van der Waals surface area contributed by atoms with Crippen molar-refractivity contribution in [1.82, 2.24) is 15.0 Å². The zero-order chi connectivity index (χ0) is 10.7. The number of nitrogens with zero attached hydrogens (tertiary/aromatic N) is 3. The van der Waals surface area contributed by atoms with E-state index >= 15 is 0 Å². The summed E-state index contributed by atoms with van der Waals surface area (Å²) in [4.78, 5) is 12.6. The summed E-state index contributed by atoms with van der Waals surface area (Å²) in [5.41, 5.74) is 5.64. The summed E-state index contributed by atoms with van der Waals surface area (Å²) in [6.45, 7) is 2.88. The van der Waals surface area contributed by atoms with E-state index in [0.29, 0.717) is 11.8 Å². The lowest BCUT2D eigenvalue weighted by Gasteiger charge is -2.09. The van der Waals surface area contributed by atoms with Gasteiger partial charge in [0.15, 0.2) is 5.82 Å². The Balaban J connectivity index is 2.22. The van der Waals surface area contributed by atoms with Gasteiger partial charge in [0.1, 0.15) is 11.9 Å². The van der Waals surface area contributed by atoms with Gasteiger partial charge in [-0.3, -0.25) is 0 Å². The standard InChI is InChI=1S/C10H16N4O/c1-2-4-8-12-9(14-10(11)13-8)7-5-3-6-15-7/h7H,2-6H2,1H3,(H2,11,12,13,14). The molecule has 0 aromatic carbocycles. The highest BCUT2D eigenvalue weighted by Crippen LogP contribution is 2.25. The maximum Gasteiger partial charge on any atom is 0.223 e. The number of rotatable bonds is 3. The van der Waals surface area contributed by atoms with E-state index < -0.39 is 0 Å². The zero-order valence-corrected chi connectivity index (χ0v) is 8.94. The lowest BCUT2D eigenvalue weighted by molar-refractivity contribution is 0.104. The first kappa shape index (κ1) is 10.3. The monoisotopic (exact) mass is 208 g/mol. The van der Waals surface area contributed by atoms with Crippen LogP contribution in [0.25, 0.3) is 0 Å². The molecule has 5 nitrogen and oxygen atoms in total. The average molecular weight is 208 g/mol. The summed E-state index contributed by atoms with van der Waals surface area (Å²) >= 11 is 0. The van der Waals surface area contributed by atoms with Gasteiger partial charge in [-0.25, -0.2) is 4.98 Å². The molecule has 0 aliphatic carbocycles. The van der Waals surface area contributed by atoms with Crippen LogP contribution in [0.2, 0.25) is 0 Å². The van der Waals surface area contributed by atoms with Crippen molar-refractivity contribution in [2.75, 3.05) is 12.3 Å². The molecule has 0 saturated carbocycles. The van der Waals surface area contributed by atoms with Crippen molar-refractivity contribution in [2.24, 2.45) is 0 Å². The molecular weight excluding hydrogens is 192 g/mol. The summed E-state index contributed by atoms with van der Waals surface area (Å²) in [6.07, 6.45) is 3.92. The Bertz CT molecular complexity index is 336. The van der Waals surface area contributed by atoms with E-state index in [1.165, 1.54) is 0 Å². The summed E-state index contributed by atoms with van der Waals surface area (Å²) < 4.78 is 5.52. The molecule has 0 bridgehead atoms. The molecule has 1 atom stereocenters. The SMILES string of the molecule is CCCc1nc(N)nc(C2CCCO2)n1. The molecule has 2 rings (SSSR count). The first-order valence-electron chi connectivity index (χ1n) is 5.41. The van der Waals surface area contributed by atoms with Crippen LogP contribution in [0.1, 0.15) is 43.9 Å². The number of nitrogens with two attached hydrogens (primary N) is 1. The minimum Gasteiger partial charge on any atom is -0.370 e. The van der Waals surface area contributed by atoms with Crippen molar-refractivity contribution in [2.45, 2.75) is 38.7 Å². The van der Waals surface area contributed by atoms with E-state index in [0.717, 1.165) is 38.1 Å². The second-order valence-electron chi connectivity index (χ2n) is 3.72. The predicted octanol–water partition coefficient (Wildman–Crippen LogP) is 1.26. The minimum absolute atomic E-state index is 0.0194. The molecule has 2 N–H and O–H groups in total. The Morgan fingerprint density at radius 1 is 1.40 bits per heavy atom. The van der Waals surface area contributed by atoms with E-state index in [1.807, 2.05) is 0 Å². The molecule has 1 aromatic rings. The van der Waals surface area contributed by atoms with Gasteiger partial charge in [0.25, 0.3) is 0 Å². The van der Waals surface area contributed by atoms with Crippen LogP contribution in [-0.4, -0.2) is 21.6 Å². The smallest absolute Gasteiger partial charge is 0.223 e. The van der Waals surface area contributed by atoms with Gasteiger partial charge in [0, 0.05) is 13.0 Å². The first-order valence-corrected chi connectivity index (χ1v) is 5.41. The second-order valence-corrected chi connectivity index (χ2v) is 3.72. The van der Waals surface area contributed by atoms with Gasteiger partial charge in [-0.05, 0) is 19.3 Å². The van der Waals surface area contributed by atoms with E-state index in [9.17, 15) is 0 Å². The third kappa shape index (κ3) is 2.41. The molecule has 5 heteroatoms. The number of anilines is 1. The molecule has 1 aromatic heterocycles. The Hall–Kier alpha value is -1.23. The van der Waals surface area contributed by atoms with Crippen molar-refractivity contribution in [3.63, 3.8) is 0 Å². The largest absolute Gasteiger partial charge is 0.370 e. The fourth-order valence-corrected chi connectivity index (χ4v) is 1.72. The fourth-order valence-electron chi connectivity index (χ4n) is 1.72. The number of aryl methyl sites for hydroxylation is 1. The van der Waals surface area contributed by atoms with Gasteiger partial charge in [0.05, 0.1) is 0 Å². The fraction of sp³-hybridized carbons (Fsp3) is 0.700. The van der Waals surface area contributed by atoms with E-state index in [1.54, 1.807) is 0 Å². The highest BCUT2D eigenvalue weighted by atomic mass is 16.5. The van der Waals surface area contributed by atoms with E-state index in [-0.39, 0.29) is 6.10 Å². The van der Waals surface area contributed by atoms with Crippen LogP contribution in [-0.2, 0) is 11.2 Å². The second kappa shape index (κ2) is 4.53. The van der Waals surface area contributed by atoms with Crippen LogP contribution in [0.15, 0.2) is 0 Å². The Labute approximate surface area is 89.1 Å². The summed E-state index contributed by atoms with van der Waals surface area (Å²) in [7, 11) is 0. The number of ether oxygens (including phenoxy) is 1. The van der Waals surface area contributed by atoms with Gasteiger partial charge in [0.2, 0.25) is 5.95 Å². The van der Waals surface area contributed by atoms with Gasteiger partial charge in [-0.1, -0.05) is 6.92 Å². The number of aromatic nitrogens is 3. The van der Waals surface area contributed by atoms with Gasteiger partial charge >= 0.3 is 0 Å². The van der Waals surface area contributed by atoms with Crippen LogP contribution < -0.4 is 5.73 Å². The molecule has 82 valence electrons. The molecule has 0 amide bonds. The van der Waals surface area contributed by atoms with Crippen LogP contribution in [0.5, 0.6) is 0 Å². The maximum absolute atomic E-state index is 5.64. The summed E-state index contributed by atoms with van der Waals surface area (Å²) in [5, 5.41) is 0. The van der Waals surface area contributed by atoms with Crippen LogP contribution in [0.4, 0.5) is 5.95 Å². The molecule has 0 radical (unpaired) electrons. The highest BCUT2D eigenvalue weighted by molar-refractivity contribution is 5.17. The van der Waals surface area contributed by atoms with Crippen molar-refractivity contribution in [3.05, 3.63) is 11.6 Å². The maximum atomic E-state index is 5.64. The molecule has 0 spiro atoms. The molecule has 1 aliphatic heterocycles. The average Bonchev–Trinajstić information content (AvgIpc) is 2.70. The van der Waals surface area contributed by atoms with Crippen LogP contribution >= 0.6 is 0 Å². The zero-order valence-electron chi connectivity index (χ0n) is 8.94. The lowest BCUT2D eigenvalue weighted by Crippen LogP contribution is -2.10. The highest BCUT2D eigenvalue weighted by Gasteiger charge is 2.21. The van der Waals surface area contributed by atoms with Crippen LogP contribution in [0.3, 0.4) is 0 Å². The number of hydrogen-bond donors (Lipinski definition) is 1. The molecule has 1 fully saturated rings. The minimum atomic E-state index is 0.0194.